The number of carbonyl (C=O) groups is 1. The van der Waals surface area contributed by atoms with Gasteiger partial charge in [0.25, 0.3) is 0 Å². The average Bonchev–Trinajstić information content (AvgIpc) is 2.29. The number of hydrogen-bond acceptors (Lipinski definition) is 2. The summed E-state index contributed by atoms with van der Waals surface area (Å²) in [6.45, 7) is 2.06. The summed E-state index contributed by atoms with van der Waals surface area (Å²) in [6, 6.07) is 3.54. The van der Waals surface area contributed by atoms with E-state index in [1.165, 1.54) is 12.1 Å². The van der Waals surface area contributed by atoms with E-state index in [0.29, 0.717) is 12.1 Å². The van der Waals surface area contributed by atoms with E-state index >= 15 is 0 Å². The third-order valence-corrected chi connectivity index (χ3v) is 3.50. The van der Waals surface area contributed by atoms with Crippen LogP contribution in [0.4, 0.5) is 8.78 Å². The third-order valence-electron chi connectivity index (χ3n) is 3.50. The molecule has 1 aromatic rings. The van der Waals surface area contributed by atoms with Crippen LogP contribution in [0.3, 0.4) is 0 Å². The highest BCUT2D eigenvalue weighted by Gasteiger charge is 2.21. The number of carboxylic acid groups (broad SMARTS) is 1. The Balaban J connectivity index is 1.86. The van der Waals surface area contributed by atoms with Crippen molar-refractivity contribution in [3.05, 3.63) is 35.4 Å². The highest BCUT2D eigenvalue weighted by Crippen LogP contribution is 2.22. The maximum Gasteiger partial charge on any atom is 0.303 e. The lowest BCUT2D eigenvalue weighted by Gasteiger charge is -2.31. The van der Waals surface area contributed by atoms with Crippen molar-refractivity contribution in [1.82, 2.24) is 4.90 Å². The minimum Gasteiger partial charge on any atom is -0.481 e. The number of carboxylic acids is 1. The van der Waals surface area contributed by atoms with Crippen LogP contribution in [0.1, 0.15) is 24.8 Å². The molecule has 0 bridgehead atoms. The lowest BCUT2D eigenvalue weighted by molar-refractivity contribution is -0.138. The molecule has 1 fully saturated rings. The Bertz CT molecular complexity index is 437. The smallest absolute Gasteiger partial charge is 0.303 e. The van der Waals surface area contributed by atoms with Gasteiger partial charge in [0.1, 0.15) is 11.6 Å². The summed E-state index contributed by atoms with van der Waals surface area (Å²) in [5.74, 6) is -1.66. The van der Waals surface area contributed by atoms with Gasteiger partial charge in [-0.1, -0.05) is 0 Å². The molecule has 19 heavy (non-hydrogen) atoms. The molecule has 5 heteroatoms. The predicted molar refractivity (Wildman–Crippen MR) is 66.6 cm³/mol. The molecule has 0 atom stereocenters. The molecule has 1 aliphatic rings. The van der Waals surface area contributed by atoms with Gasteiger partial charge in [-0.2, -0.15) is 0 Å². The predicted octanol–water partition coefficient (Wildman–Crippen LogP) is 2.65. The fourth-order valence-electron chi connectivity index (χ4n) is 2.56. The van der Waals surface area contributed by atoms with E-state index in [2.05, 4.69) is 4.90 Å². The fourth-order valence-corrected chi connectivity index (χ4v) is 2.56. The number of likely N-dealkylation sites (tertiary alicyclic amines) is 1. The molecule has 1 N–H and O–H groups in total. The fraction of sp³-hybridized carbons (Fsp3) is 0.500. The second kappa shape index (κ2) is 6.10. The number of hydrogen-bond donors (Lipinski definition) is 1. The van der Waals surface area contributed by atoms with Crippen LogP contribution in [-0.4, -0.2) is 29.1 Å². The number of piperidine rings is 1. The van der Waals surface area contributed by atoms with Gasteiger partial charge in [0.2, 0.25) is 0 Å². The summed E-state index contributed by atoms with van der Waals surface area (Å²) in [4.78, 5) is 12.7. The molecule has 1 aromatic carbocycles. The van der Waals surface area contributed by atoms with Crippen LogP contribution in [0, 0.1) is 17.6 Å². The third kappa shape index (κ3) is 4.28. The maximum atomic E-state index is 13.1. The van der Waals surface area contributed by atoms with Crippen LogP contribution in [0.25, 0.3) is 0 Å². The molecule has 3 nitrogen and oxygen atoms in total. The van der Waals surface area contributed by atoms with E-state index in [1.807, 2.05) is 0 Å². The number of halogens is 2. The Morgan fingerprint density at radius 2 is 1.79 bits per heavy atom. The van der Waals surface area contributed by atoms with Crippen LogP contribution in [0.15, 0.2) is 18.2 Å². The van der Waals surface area contributed by atoms with Crippen LogP contribution in [0.2, 0.25) is 0 Å². The lowest BCUT2D eigenvalue weighted by atomic mass is 9.93. The number of rotatable bonds is 4. The molecule has 0 unspecified atom stereocenters. The van der Waals surface area contributed by atoms with Crippen molar-refractivity contribution in [2.45, 2.75) is 25.8 Å². The summed E-state index contributed by atoms with van der Waals surface area (Å²) in [6.07, 6.45) is 1.86. The maximum absolute atomic E-state index is 13.1. The van der Waals surface area contributed by atoms with Gasteiger partial charge in [-0.25, -0.2) is 8.78 Å². The minimum absolute atomic E-state index is 0.211. The zero-order valence-electron chi connectivity index (χ0n) is 10.6. The van der Waals surface area contributed by atoms with Crippen molar-refractivity contribution in [2.75, 3.05) is 13.1 Å². The van der Waals surface area contributed by atoms with E-state index in [0.717, 1.165) is 32.0 Å². The molecule has 0 spiro atoms. The molecule has 0 amide bonds. The molecule has 104 valence electrons. The van der Waals surface area contributed by atoms with Crippen molar-refractivity contribution in [3.8, 4) is 0 Å². The highest BCUT2D eigenvalue weighted by molar-refractivity contribution is 5.67. The summed E-state index contributed by atoms with van der Waals surface area (Å²) in [7, 11) is 0. The summed E-state index contributed by atoms with van der Waals surface area (Å²) in [5, 5.41) is 8.73. The first-order chi connectivity index (χ1) is 9.02. The number of aliphatic carboxylic acids is 1. The number of nitrogens with zero attached hydrogens (tertiary/aromatic N) is 1. The molecule has 2 rings (SSSR count). The second-order valence-corrected chi connectivity index (χ2v) is 5.10. The lowest BCUT2D eigenvalue weighted by Crippen LogP contribution is -2.33. The van der Waals surface area contributed by atoms with Crippen molar-refractivity contribution in [3.63, 3.8) is 0 Å². The Hall–Kier alpha value is -1.49. The normalized spacial score (nSPS) is 17.6. The van der Waals surface area contributed by atoms with Crippen LogP contribution < -0.4 is 0 Å². The molecular weight excluding hydrogens is 252 g/mol. The molecule has 0 aromatic heterocycles. The van der Waals surface area contributed by atoms with E-state index in [4.69, 9.17) is 5.11 Å². The van der Waals surface area contributed by atoms with Crippen molar-refractivity contribution in [1.29, 1.82) is 0 Å². The molecule has 1 heterocycles. The highest BCUT2D eigenvalue weighted by atomic mass is 19.1. The van der Waals surface area contributed by atoms with Gasteiger partial charge in [0, 0.05) is 19.0 Å². The Morgan fingerprint density at radius 1 is 1.21 bits per heavy atom. The van der Waals surface area contributed by atoms with Gasteiger partial charge in [-0.3, -0.25) is 9.69 Å². The first-order valence-corrected chi connectivity index (χ1v) is 6.42. The van der Waals surface area contributed by atoms with Gasteiger partial charge >= 0.3 is 5.97 Å². The van der Waals surface area contributed by atoms with Gasteiger partial charge < -0.3 is 5.11 Å². The van der Waals surface area contributed by atoms with Crippen LogP contribution in [-0.2, 0) is 11.3 Å². The van der Waals surface area contributed by atoms with Gasteiger partial charge in [-0.15, -0.1) is 0 Å². The van der Waals surface area contributed by atoms with Crippen molar-refractivity contribution < 1.29 is 18.7 Å². The number of benzene rings is 1. The van der Waals surface area contributed by atoms with E-state index in [9.17, 15) is 13.6 Å². The van der Waals surface area contributed by atoms with Crippen LogP contribution >= 0.6 is 0 Å². The summed E-state index contributed by atoms with van der Waals surface area (Å²) >= 11 is 0. The Labute approximate surface area is 110 Å². The first kappa shape index (κ1) is 13.9. The molecular formula is C14H17F2NO2. The van der Waals surface area contributed by atoms with Gasteiger partial charge in [0.05, 0.1) is 0 Å². The molecule has 0 saturated carbocycles. The molecule has 1 aliphatic heterocycles. The summed E-state index contributed by atoms with van der Waals surface area (Å²) < 4.78 is 26.1. The molecule has 1 saturated heterocycles. The van der Waals surface area contributed by atoms with Gasteiger partial charge in [0.15, 0.2) is 0 Å². The van der Waals surface area contributed by atoms with Crippen LogP contribution in [0.5, 0.6) is 0 Å². The van der Waals surface area contributed by atoms with E-state index < -0.39 is 17.6 Å². The molecule has 0 aliphatic carbocycles. The topological polar surface area (TPSA) is 40.5 Å². The monoisotopic (exact) mass is 269 g/mol. The van der Waals surface area contributed by atoms with E-state index in [1.54, 1.807) is 0 Å². The largest absolute Gasteiger partial charge is 0.481 e. The SMILES string of the molecule is O=C(O)CC1CCN(Cc2cc(F)cc(F)c2)CC1. The zero-order valence-corrected chi connectivity index (χ0v) is 10.6. The standard InChI is InChI=1S/C14H17F2NO2/c15-12-5-11(6-13(16)8-12)9-17-3-1-10(2-4-17)7-14(18)19/h5-6,8,10H,1-4,7,9H2,(H,18,19). The van der Waals surface area contributed by atoms with Crippen molar-refractivity contribution >= 4 is 5.97 Å². The zero-order chi connectivity index (χ0) is 13.8. The average molecular weight is 269 g/mol. The van der Waals surface area contributed by atoms with E-state index in [-0.39, 0.29) is 12.3 Å². The quantitative estimate of drug-likeness (QED) is 0.913. The summed E-state index contributed by atoms with van der Waals surface area (Å²) in [5.41, 5.74) is 0.620. The Kier molecular flexibility index (Phi) is 4.47. The second-order valence-electron chi connectivity index (χ2n) is 5.10. The van der Waals surface area contributed by atoms with Gasteiger partial charge in [-0.05, 0) is 49.5 Å². The molecule has 0 radical (unpaired) electrons. The first-order valence-electron chi connectivity index (χ1n) is 6.42. The Morgan fingerprint density at radius 3 is 2.32 bits per heavy atom. The van der Waals surface area contributed by atoms with Crippen molar-refractivity contribution in [2.24, 2.45) is 5.92 Å². The minimum atomic E-state index is -0.759.